The lowest BCUT2D eigenvalue weighted by Crippen LogP contribution is -2.29. The molecule has 64 valence electrons. The minimum absolute atomic E-state index is 0.373. The smallest absolute Gasteiger partial charge is 0.403 e. The number of hydrogen-bond donors (Lipinski definition) is 0. The highest BCUT2D eigenvalue weighted by molar-refractivity contribution is 6.61. The second kappa shape index (κ2) is 3.93. The summed E-state index contributed by atoms with van der Waals surface area (Å²) in [4.78, 5) is 12.4. The Morgan fingerprint density at radius 3 is 3.00 bits per heavy atom. The van der Waals surface area contributed by atoms with Crippen molar-refractivity contribution >= 4 is 17.0 Å². The average molecular weight is 178 g/mol. The van der Waals surface area contributed by atoms with Gasteiger partial charge in [-0.15, -0.1) is 0 Å². The first-order valence-corrected chi connectivity index (χ1v) is 4.10. The SMILES string of the molecule is CN1CCC[C@@H]1COC(=O)Cl. The molecule has 0 bridgehead atoms. The summed E-state index contributed by atoms with van der Waals surface area (Å²) in [6.45, 7) is 1.52. The minimum atomic E-state index is -0.703. The number of halogens is 1. The topological polar surface area (TPSA) is 29.5 Å². The van der Waals surface area contributed by atoms with Gasteiger partial charge in [0, 0.05) is 17.6 Å². The van der Waals surface area contributed by atoms with Crippen LogP contribution in [0.1, 0.15) is 12.8 Å². The predicted octanol–water partition coefficient (Wildman–Crippen LogP) is 1.46. The Bertz CT molecular complexity index is 151. The Labute approximate surface area is 71.3 Å². The lowest BCUT2D eigenvalue weighted by molar-refractivity contribution is 0.136. The van der Waals surface area contributed by atoms with Gasteiger partial charge in [-0.2, -0.15) is 0 Å². The number of carbonyl (C=O) groups is 1. The Kier molecular flexibility index (Phi) is 3.15. The minimum Gasteiger partial charge on any atom is -0.452 e. The summed E-state index contributed by atoms with van der Waals surface area (Å²) < 4.78 is 4.68. The molecule has 0 N–H and O–H groups in total. The van der Waals surface area contributed by atoms with Crippen molar-refractivity contribution in [1.82, 2.24) is 4.90 Å². The van der Waals surface area contributed by atoms with E-state index in [2.05, 4.69) is 9.64 Å². The lowest BCUT2D eigenvalue weighted by atomic mass is 10.2. The second-order valence-electron chi connectivity index (χ2n) is 2.83. The third-order valence-corrected chi connectivity index (χ3v) is 2.17. The van der Waals surface area contributed by atoms with Crippen LogP contribution in [0.15, 0.2) is 0 Å². The van der Waals surface area contributed by atoms with Crippen molar-refractivity contribution in [3.05, 3.63) is 0 Å². The molecule has 1 aliphatic rings. The quantitative estimate of drug-likeness (QED) is 0.598. The van der Waals surface area contributed by atoms with Crippen molar-refractivity contribution in [2.24, 2.45) is 0 Å². The van der Waals surface area contributed by atoms with E-state index in [9.17, 15) is 4.79 Å². The molecule has 0 spiro atoms. The fourth-order valence-electron chi connectivity index (χ4n) is 1.35. The normalized spacial score (nSPS) is 25.5. The number of likely N-dealkylation sites (N-methyl/N-ethyl adjacent to an activating group) is 1. The van der Waals surface area contributed by atoms with E-state index < -0.39 is 5.43 Å². The summed E-state index contributed by atoms with van der Waals surface area (Å²) >= 11 is 5.02. The van der Waals surface area contributed by atoms with Gasteiger partial charge in [0.25, 0.3) is 0 Å². The zero-order chi connectivity index (χ0) is 8.27. The molecular formula is C7H12ClNO2. The Hall–Kier alpha value is -0.280. The van der Waals surface area contributed by atoms with Crippen molar-refractivity contribution in [2.75, 3.05) is 20.2 Å². The standard InChI is InChI=1S/C7H12ClNO2/c1-9-4-2-3-6(9)5-11-7(8)10/h6H,2-5H2,1H3/t6-/m1/s1. The molecule has 0 aromatic carbocycles. The maximum atomic E-state index is 10.2. The molecule has 0 radical (unpaired) electrons. The third kappa shape index (κ3) is 2.67. The van der Waals surface area contributed by atoms with E-state index in [0.717, 1.165) is 13.0 Å². The van der Waals surface area contributed by atoms with Gasteiger partial charge in [-0.1, -0.05) is 0 Å². The zero-order valence-electron chi connectivity index (χ0n) is 6.55. The number of hydrogen-bond acceptors (Lipinski definition) is 3. The summed E-state index contributed by atoms with van der Waals surface area (Å²) in [5, 5.41) is 0. The Morgan fingerprint density at radius 1 is 1.82 bits per heavy atom. The number of ether oxygens (including phenoxy) is 1. The summed E-state index contributed by atoms with van der Waals surface area (Å²) in [6.07, 6.45) is 2.28. The van der Waals surface area contributed by atoms with Gasteiger partial charge in [0.15, 0.2) is 0 Å². The van der Waals surface area contributed by atoms with E-state index in [0.29, 0.717) is 12.6 Å². The Balaban J connectivity index is 2.20. The molecule has 1 atom stereocenters. The van der Waals surface area contributed by atoms with Crippen molar-refractivity contribution in [3.8, 4) is 0 Å². The molecule has 1 saturated heterocycles. The average Bonchev–Trinajstić information content (AvgIpc) is 2.31. The summed E-state index contributed by atoms with van der Waals surface area (Å²) in [6, 6.07) is 0.373. The first-order chi connectivity index (χ1) is 5.20. The molecule has 0 aliphatic carbocycles. The third-order valence-electron chi connectivity index (χ3n) is 2.06. The van der Waals surface area contributed by atoms with Gasteiger partial charge >= 0.3 is 5.43 Å². The van der Waals surface area contributed by atoms with Crippen LogP contribution < -0.4 is 0 Å². The second-order valence-corrected chi connectivity index (χ2v) is 3.13. The molecule has 0 saturated carbocycles. The molecule has 3 nitrogen and oxygen atoms in total. The van der Waals surface area contributed by atoms with Crippen molar-refractivity contribution in [1.29, 1.82) is 0 Å². The molecule has 1 aliphatic heterocycles. The van der Waals surface area contributed by atoms with Gasteiger partial charge in [-0.3, -0.25) is 0 Å². The highest BCUT2D eigenvalue weighted by Crippen LogP contribution is 2.14. The molecule has 1 rings (SSSR count). The van der Waals surface area contributed by atoms with E-state index in [1.54, 1.807) is 0 Å². The predicted molar refractivity (Wildman–Crippen MR) is 42.9 cm³/mol. The molecule has 0 aromatic heterocycles. The summed E-state index contributed by atoms with van der Waals surface area (Å²) in [7, 11) is 2.03. The van der Waals surface area contributed by atoms with Crippen molar-refractivity contribution < 1.29 is 9.53 Å². The van der Waals surface area contributed by atoms with Gasteiger partial charge < -0.3 is 9.64 Å². The van der Waals surface area contributed by atoms with E-state index in [4.69, 9.17) is 11.6 Å². The first kappa shape index (κ1) is 8.81. The maximum Gasteiger partial charge on any atom is 0.403 e. The van der Waals surface area contributed by atoms with Gasteiger partial charge in [-0.25, -0.2) is 4.79 Å². The molecule has 0 aromatic rings. The van der Waals surface area contributed by atoms with Crippen LogP contribution in [0.5, 0.6) is 0 Å². The van der Waals surface area contributed by atoms with Gasteiger partial charge in [-0.05, 0) is 26.4 Å². The Morgan fingerprint density at radius 2 is 2.55 bits per heavy atom. The van der Waals surface area contributed by atoms with Crippen LogP contribution in [0.4, 0.5) is 4.79 Å². The van der Waals surface area contributed by atoms with Crippen LogP contribution in [0.3, 0.4) is 0 Å². The zero-order valence-corrected chi connectivity index (χ0v) is 7.30. The number of carbonyl (C=O) groups excluding carboxylic acids is 1. The van der Waals surface area contributed by atoms with E-state index in [1.807, 2.05) is 7.05 Å². The van der Waals surface area contributed by atoms with E-state index in [-0.39, 0.29) is 0 Å². The van der Waals surface area contributed by atoms with Crippen LogP contribution >= 0.6 is 11.6 Å². The fraction of sp³-hybridized carbons (Fsp3) is 0.857. The number of rotatable bonds is 2. The largest absolute Gasteiger partial charge is 0.452 e. The van der Waals surface area contributed by atoms with Crippen LogP contribution in [0.2, 0.25) is 0 Å². The maximum absolute atomic E-state index is 10.2. The highest BCUT2D eigenvalue weighted by atomic mass is 35.5. The first-order valence-electron chi connectivity index (χ1n) is 3.72. The van der Waals surface area contributed by atoms with Gasteiger partial charge in [0.2, 0.25) is 0 Å². The van der Waals surface area contributed by atoms with Crippen molar-refractivity contribution in [3.63, 3.8) is 0 Å². The molecule has 0 amide bonds. The van der Waals surface area contributed by atoms with Crippen LogP contribution in [0.25, 0.3) is 0 Å². The highest BCUT2D eigenvalue weighted by Gasteiger charge is 2.21. The van der Waals surface area contributed by atoms with Crippen LogP contribution in [-0.4, -0.2) is 36.6 Å². The van der Waals surface area contributed by atoms with Crippen LogP contribution in [0, 0.1) is 0 Å². The number of likely N-dealkylation sites (tertiary alicyclic amines) is 1. The van der Waals surface area contributed by atoms with Crippen molar-refractivity contribution in [2.45, 2.75) is 18.9 Å². The molecule has 11 heavy (non-hydrogen) atoms. The lowest BCUT2D eigenvalue weighted by Gasteiger charge is -2.17. The van der Waals surface area contributed by atoms with E-state index >= 15 is 0 Å². The monoisotopic (exact) mass is 177 g/mol. The summed E-state index contributed by atoms with van der Waals surface area (Å²) in [5.74, 6) is 0. The van der Waals surface area contributed by atoms with Gasteiger partial charge in [0.05, 0.1) is 0 Å². The van der Waals surface area contributed by atoms with Crippen LogP contribution in [-0.2, 0) is 4.74 Å². The number of nitrogens with zero attached hydrogens (tertiary/aromatic N) is 1. The summed E-state index contributed by atoms with van der Waals surface area (Å²) in [5.41, 5.74) is -0.703. The molecule has 4 heteroatoms. The molecular weight excluding hydrogens is 166 g/mol. The van der Waals surface area contributed by atoms with E-state index in [1.165, 1.54) is 6.42 Å². The molecule has 1 heterocycles. The van der Waals surface area contributed by atoms with Gasteiger partial charge in [0.1, 0.15) is 6.61 Å². The molecule has 1 fully saturated rings. The molecule has 0 unspecified atom stereocenters. The fourth-order valence-corrected chi connectivity index (χ4v) is 1.41.